The van der Waals surface area contributed by atoms with Gasteiger partial charge in [-0.25, -0.2) is 0 Å². The number of rotatable bonds is 5. The Morgan fingerprint density at radius 2 is 2.11 bits per heavy atom. The van der Waals surface area contributed by atoms with Gasteiger partial charge in [-0.1, -0.05) is 0 Å². The molecule has 0 aliphatic heterocycles. The van der Waals surface area contributed by atoms with Crippen molar-refractivity contribution in [2.75, 3.05) is 25.2 Å². The Kier molecular flexibility index (Phi) is 7.27. The summed E-state index contributed by atoms with van der Waals surface area (Å²) < 4.78 is 4.96. The minimum absolute atomic E-state index is 0.579. The van der Waals surface area contributed by atoms with Crippen LogP contribution >= 0.6 is 25.3 Å². The maximum absolute atomic E-state index is 4.96. The highest BCUT2D eigenvalue weighted by atomic mass is 32.1. The van der Waals surface area contributed by atoms with Crippen molar-refractivity contribution in [3.05, 3.63) is 0 Å². The van der Waals surface area contributed by atoms with Gasteiger partial charge in [0.25, 0.3) is 0 Å². The summed E-state index contributed by atoms with van der Waals surface area (Å²) in [4.78, 5) is 0. The highest BCUT2D eigenvalue weighted by Gasteiger charge is 2.03. The van der Waals surface area contributed by atoms with E-state index in [0.29, 0.717) is 5.92 Å². The Bertz CT molecular complexity index is 53.0. The van der Waals surface area contributed by atoms with Crippen LogP contribution in [0.5, 0.6) is 0 Å². The standard InChI is InChI=1S/C6H14OS2/c1-7-4-6(5-9)2-3-8/h6,8-9H,2-5H2,1H3. The van der Waals surface area contributed by atoms with E-state index in [4.69, 9.17) is 4.74 Å². The van der Waals surface area contributed by atoms with Gasteiger partial charge in [-0.15, -0.1) is 0 Å². The molecule has 1 atom stereocenters. The average Bonchev–Trinajstić information content (AvgIpc) is 1.88. The molecule has 0 amide bonds. The minimum atomic E-state index is 0.579. The molecule has 0 radical (unpaired) electrons. The lowest BCUT2D eigenvalue weighted by molar-refractivity contribution is 0.160. The highest BCUT2D eigenvalue weighted by molar-refractivity contribution is 7.80. The lowest BCUT2D eigenvalue weighted by atomic mass is 10.1. The number of hydrogen-bond donors (Lipinski definition) is 2. The summed E-state index contributed by atoms with van der Waals surface area (Å²) in [7, 11) is 1.72. The van der Waals surface area contributed by atoms with Crippen LogP contribution < -0.4 is 0 Å². The number of hydrogen-bond acceptors (Lipinski definition) is 3. The van der Waals surface area contributed by atoms with Crippen molar-refractivity contribution in [2.24, 2.45) is 5.92 Å². The zero-order chi connectivity index (χ0) is 7.11. The van der Waals surface area contributed by atoms with Crippen LogP contribution in [0.4, 0.5) is 0 Å². The number of methoxy groups -OCH3 is 1. The molecule has 0 aliphatic rings. The van der Waals surface area contributed by atoms with E-state index in [0.717, 1.165) is 24.5 Å². The molecule has 0 aromatic carbocycles. The Morgan fingerprint density at radius 1 is 1.44 bits per heavy atom. The predicted octanol–water partition coefficient (Wildman–Crippen LogP) is 1.50. The molecule has 0 spiro atoms. The summed E-state index contributed by atoms with van der Waals surface area (Å²) in [6, 6.07) is 0. The molecule has 0 saturated carbocycles. The van der Waals surface area contributed by atoms with Crippen molar-refractivity contribution in [3.63, 3.8) is 0 Å². The van der Waals surface area contributed by atoms with Crippen molar-refractivity contribution in [3.8, 4) is 0 Å². The van der Waals surface area contributed by atoms with Gasteiger partial charge in [0.2, 0.25) is 0 Å². The molecule has 0 aromatic heterocycles. The summed E-state index contributed by atoms with van der Waals surface area (Å²) in [6.45, 7) is 0.810. The van der Waals surface area contributed by atoms with E-state index in [1.54, 1.807) is 7.11 Å². The minimum Gasteiger partial charge on any atom is -0.384 e. The maximum atomic E-state index is 4.96. The van der Waals surface area contributed by atoms with E-state index in [-0.39, 0.29) is 0 Å². The lowest BCUT2D eigenvalue weighted by Gasteiger charge is -2.09. The molecule has 0 aliphatic carbocycles. The van der Waals surface area contributed by atoms with Crippen LogP contribution in [0, 0.1) is 5.92 Å². The van der Waals surface area contributed by atoms with Gasteiger partial charge in [0, 0.05) is 13.7 Å². The predicted molar refractivity (Wildman–Crippen MR) is 47.7 cm³/mol. The summed E-state index contributed by atoms with van der Waals surface area (Å²) >= 11 is 8.29. The van der Waals surface area contributed by atoms with Crippen molar-refractivity contribution in [2.45, 2.75) is 6.42 Å². The van der Waals surface area contributed by atoms with Gasteiger partial charge in [0.1, 0.15) is 0 Å². The zero-order valence-corrected chi connectivity index (χ0v) is 7.50. The first kappa shape index (κ1) is 9.66. The molecule has 1 nitrogen and oxygen atoms in total. The Labute approximate surface area is 68.0 Å². The fourth-order valence-electron chi connectivity index (χ4n) is 0.646. The molecular weight excluding hydrogens is 152 g/mol. The average molecular weight is 166 g/mol. The molecule has 3 heteroatoms. The van der Waals surface area contributed by atoms with Gasteiger partial charge >= 0.3 is 0 Å². The Balaban J connectivity index is 3.18. The first-order chi connectivity index (χ1) is 4.35. The maximum Gasteiger partial charge on any atom is 0.0498 e. The molecule has 0 heterocycles. The van der Waals surface area contributed by atoms with E-state index in [2.05, 4.69) is 25.3 Å². The van der Waals surface area contributed by atoms with Gasteiger partial charge in [0.15, 0.2) is 0 Å². The number of ether oxygens (including phenoxy) is 1. The van der Waals surface area contributed by atoms with Crippen LogP contribution in [-0.2, 0) is 4.74 Å². The summed E-state index contributed by atoms with van der Waals surface area (Å²) in [5.74, 6) is 2.40. The second-order valence-electron chi connectivity index (χ2n) is 2.02. The van der Waals surface area contributed by atoms with Crippen LogP contribution in [0.15, 0.2) is 0 Å². The van der Waals surface area contributed by atoms with Crippen LogP contribution in [0.3, 0.4) is 0 Å². The molecule has 0 bridgehead atoms. The van der Waals surface area contributed by atoms with Crippen molar-refractivity contribution >= 4 is 25.3 Å². The molecule has 0 saturated heterocycles. The second kappa shape index (κ2) is 6.78. The van der Waals surface area contributed by atoms with Gasteiger partial charge in [-0.3, -0.25) is 0 Å². The molecule has 0 rings (SSSR count). The van der Waals surface area contributed by atoms with Gasteiger partial charge in [0.05, 0.1) is 0 Å². The van der Waals surface area contributed by atoms with E-state index in [1.807, 2.05) is 0 Å². The van der Waals surface area contributed by atoms with Crippen LogP contribution in [-0.4, -0.2) is 25.2 Å². The number of thiol groups is 2. The first-order valence-electron chi connectivity index (χ1n) is 3.05. The van der Waals surface area contributed by atoms with Crippen molar-refractivity contribution in [1.29, 1.82) is 0 Å². The van der Waals surface area contributed by atoms with Crippen molar-refractivity contribution < 1.29 is 4.74 Å². The van der Waals surface area contributed by atoms with E-state index >= 15 is 0 Å². The zero-order valence-electron chi connectivity index (χ0n) is 5.71. The van der Waals surface area contributed by atoms with Crippen LogP contribution in [0.25, 0.3) is 0 Å². The SMILES string of the molecule is COCC(CS)CCS. The van der Waals surface area contributed by atoms with E-state index in [1.165, 1.54) is 0 Å². The third kappa shape index (κ3) is 5.12. The van der Waals surface area contributed by atoms with Gasteiger partial charge in [-0.05, 0) is 23.8 Å². The second-order valence-corrected chi connectivity index (χ2v) is 2.83. The fourth-order valence-corrected chi connectivity index (χ4v) is 1.30. The smallest absolute Gasteiger partial charge is 0.0498 e. The Morgan fingerprint density at radius 3 is 2.44 bits per heavy atom. The van der Waals surface area contributed by atoms with Crippen LogP contribution in [0.2, 0.25) is 0 Å². The Hall–Kier alpha value is 0.660. The highest BCUT2D eigenvalue weighted by Crippen LogP contribution is 2.05. The molecule has 0 N–H and O–H groups in total. The monoisotopic (exact) mass is 166 g/mol. The molecule has 56 valence electrons. The quantitative estimate of drug-likeness (QED) is 0.589. The fraction of sp³-hybridized carbons (Fsp3) is 1.00. The third-order valence-electron chi connectivity index (χ3n) is 1.20. The largest absolute Gasteiger partial charge is 0.384 e. The van der Waals surface area contributed by atoms with Gasteiger partial charge < -0.3 is 4.74 Å². The third-order valence-corrected chi connectivity index (χ3v) is 1.97. The normalized spacial score (nSPS) is 13.7. The molecule has 9 heavy (non-hydrogen) atoms. The molecule has 1 unspecified atom stereocenters. The summed E-state index contributed by atoms with van der Waals surface area (Å²) in [6.07, 6.45) is 1.10. The molecular formula is C6H14OS2. The molecule has 0 aromatic rings. The van der Waals surface area contributed by atoms with Gasteiger partial charge in [-0.2, -0.15) is 25.3 Å². The topological polar surface area (TPSA) is 9.23 Å². The van der Waals surface area contributed by atoms with Crippen LogP contribution in [0.1, 0.15) is 6.42 Å². The van der Waals surface area contributed by atoms with Crippen molar-refractivity contribution in [1.82, 2.24) is 0 Å². The lowest BCUT2D eigenvalue weighted by Crippen LogP contribution is -2.10. The van der Waals surface area contributed by atoms with E-state index in [9.17, 15) is 0 Å². The molecule has 0 fully saturated rings. The van der Waals surface area contributed by atoms with E-state index < -0.39 is 0 Å². The first-order valence-corrected chi connectivity index (χ1v) is 4.32. The summed E-state index contributed by atoms with van der Waals surface area (Å²) in [5, 5.41) is 0. The summed E-state index contributed by atoms with van der Waals surface area (Å²) in [5.41, 5.74) is 0.